The normalized spacial score (nSPS) is 10.1. The molecule has 2 amide bonds. The van der Waals surface area contributed by atoms with E-state index in [0.717, 1.165) is 0 Å². The van der Waals surface area contributed by atoms with E-state index >= 15 is 0 Å². The Hall–Kier alpha value is -2.97. The second-order valence-electron chi connectivity index (χ2n) is 5.38. The zero-order valence-electron chi connectivity index (χ0n) is 13.9. The van der Waals surface area contributed by atoms with Gasteiger partial charge in [-0.1, -0.05) is 30.3 Å². The molecule has 0 saturated heterocycles. The zero-order valence-corrected chi connectivity index (χ0v) is 16.3. The van der Waals surface area contributed by atoms with Crippen molar-refractivity contribution in [2.75, 3.05) is 10.6 Å². The van der Waals surface area contributed by atoms with E-state index in [2.05, 4.69) is 31.9 Å². The number of furan rings is 1. The summed E-state index contributed by atoms with van der Waals surface area (Å²) < 4.78 is 5.62. The predicted octanol–water partition coefficient (Wildman–Crippen LogP) is 4.42. The van der Waals surface area contributed by atoms with Crippen molar-refractivity contribution in [1.82, 2.24) is 5.32 Å². The van der Waals surface area contributed by atoms with Crippen LogP contribution in [0.25, 0.3) is 0 Å². The molecule has 27 heavy (non-hydrogen) atoms. The minimum absolute atomic E-state index is 0.0486. The molecule has 0 aliphatic rings. The highest BCUT2D eigenvalue weighted by molar-refractivity contribution is 9.10. The van der Waals surface area contributed by atoms with Gasteiger partial charge in [0.2, 0.25) is 0 Å². The van der Waals surface area contributed by atoms with Crippen LogP contribution in [0.2, 0.25) is 0 Å². The molecule has 2 aromatic carbocycles. The van der Waals surface area contributed by atoms with Crippen LogP contribution in [0.4, 0.5) is 11.4 Å². The summed E-state index contributed by atoms with van der Waals surface area (Å²) in [7, 11) is 0. The fraction of sp³-hybridized carbons (Fsp3) is 0. The number of carbonyl (C=O) groups excluding carboxylic acids is 2. The molecule has 0 aliphatic heterocycles. The molecular weight excluding hydrogens is 430 g/mol. The molecule has 0 bridgehead atoms. The fourth-order valence-corrected chi connectivity index (χ4v) is 2.77. The van der Waals surface area contributed by atoms with Gasteiger partial charge < -0.3 is 15.1 Å². The molecule has 0 spiro atoms. The van der Waals surface area contributed by atoms with Crippen LogP contribution in [0.5, 0.6) is 0 Å². The molecule has 3 rings (SSSR count). The van der Waals surface area contributed by atoms with Gasteiger partial charge in [0, 0.05) is 5.69 Å². The molecular formula is C19H14BrN3O3S. The quantitative estimate of drug-likeness (QED) is 0.519. The van der Waals surface area contributed by atoms with Gasteiger partial charge in [-0.25, -0.2) is 0 Å². The molecule has 1 heterocycles. The maximum Gasteiger partial charge on any atom is 0.293 e. The Balaban J connectivity index is 1.69. The number of thiocarbonyl (C=S) groups is 1. The third kappa shape index (κ3) is 5.02. The van der Waals surface area contributed by atoms with Crippen LogP contribution in [0, 0.1) is 0 Å². The smallest absolute Gasteiger partial charge is 0.293 e. The summed E-state index contributed by atoms with van der Waals surface area (Å²) in [6, 6.07) is 19.1. The largest absolute Gasteiger partial charge is 0.444 e. The van der Waals surface area contributed by atoms with Gasteiger partial charge in [-0.2, -0.15) is 0 Å². The SMILES string of the molecule is O=C(NC(=S)Nc1ccccc1C(=O)Nc1ccccc1)c1ccc(Br)o1. The minimum Gasteiger partial charge on any atom is -0.444 e. The van der Waals surface area contributed by atoms with Gasteiger partial charge in [0.05, 0.1) is 11.3 Å². The Bertz CT molecular complexity index is 989. The number of hydrogen-bond acceptors (Lipinski definition) is 4. The molecule has 0 radical (unpaired) electrons. The number of amides is 2. The van der Waals surface area contributed by atoms with E-state index in [1.54, 1.807) is 42.5 Å². The Labute approximate surface area is 169 Å². The lowest BCUT2D eigenvalue weighted by Gasteiger charge is -2.13. The first-order valence-electron chi connectivity index (χ1n) is 7.86. The maximum absolute atomic E-state index is 12.6. The average Bonchev–Trinajstić information content (AvgIpc) is 3.09. The first-order valence-corrected chi connectivity index (χ1v) is 9.06. The van der Waals surface area contributed by atoms with E-state index in [1.807, 2.05) is 18.2 Å². The topological polar surface area (TPSA) is 83.4 Å². The lowest BCUT2D eigenvalue weighted by Crippen LogP contribution is -2.34. The number of rotatable bonds is 4. The van der Waals surface area contributed by atoms with Crippen molar-refractivity contribution in [2.24, 2.45) is 0 Å². The predicted molar refractivity (Wildman–Crippen MR) is 111 cm³/mol. The van der Waals surface area contributed by atoms with Gasteiger partial charge in [0.25, 0.3) is 11.8 Å². The molecule has 0 atom stereocenters. The van der Waals surface area contributed by atoms with Gasteiger partial charge in [-0.05, 0) is 64.5 Å². The van der Waals surface area contributed by atoms with Gasteiger partial charge in [-0.3, -0.25) is 14.9 Å². The van der Waals surface area contributed by atoms with E-state index in [1.165, 1.54) is 6.07 Å². The number of para-hydroxylation sites is 2. The average molecular weight is 444 g/mol. The molecule has 1 aromatic heterocycles. The lowest BCUT2D eigenvalue weighted by molar-refractivity contribution is 0.0949. The van der Waals surface area contributed by atoms with Crippen LogP contribution >= 0.6 is 28.1 Å². The van der Waals surface area contributed by atoms with Crippen molar-refractivity contribution in [3.05, 3.63) is 82.7 Å². The highest BCUT2D eigenvalue weighted by atomic mass is 79.9. The van der Waals surface area contributed by atoms with Gasteiger partial charge in [0.1, 0.15) is 0 Å². The molecule has 8 heteroatoms. The standard InChI is InChI=1S/C19H14BrN3O3S/c20-16-11-10-15(26-16)18(25)23-19(27)22-14-9-5-4-8-13(14)17(24)21-12-6-2-1-3-7-12/h1-11H,(H,21,24)(H2,22,23,25,27). The van der Waals surface area contributed by atoms with Crippen molar-refractivity contribution in [2.45, 2.75) is 0 Å². The van der Waals surface area contributed by atoms with Crippen molar-refractivity contribution in [3.63, 3.8) is 0 Å². The van der Waals surface area contributed by atoms with Crippen LogP contribution in [0.3, 0.4) is 0 Å². The van der Waals surface area contributed by atoms with Crippen molar-refractivity contribution in [3.8, 4) is 0 Å². The summed E-state index contributed by atoms with van der Waals surface area (Å²) in [5.74, 6) is -0.682. The Morgan fingerprint density at radius 2 is 1.56 bits per heavy atom. The van der Waals surface area contributed by atoms with Crippen LogP contribution in [-0.2, 0) is 0 Å². The highest BCUT2D eigenvalue weighted by Gasteiger charge is 2.15. The third-order valence-corrected chi connectivity index (χ3v) is 4.11. The summed E-state index contributed by atoms with van der Waals surface area (Å²) >= 11 is 8.30. The van der Waals surface area contributed by atoms with E-state index in [9.17, 15) is 9.59 Å². The van der Waals surface area contributed by atoms with Crippen LogP contribution in [0.1, 0.15) is 20.9 Å². The van der Waals surface area contributed by atoms with E-state index in [4.69, 9.17) is 16.6 Å². The second kappa shape index (κ2) is 8.61. The van der Waals surface area contributed by atoms with Crippen molar-refractivity contribution in [1.29, 1.82) is 0 Å². The number of hydrogen-bond donors (Lipinski definition) is 3. The summed E-state index contributed by atoms with van der Waals surface area (Å²) in [6.45, 7) is 0. The number of carbonyl (C=O) groups is 2. The second-order valence-corrected chi connectivity index (χ2v) is 6.57. The van der Waals surface area contributed by atoms with Crippen molar-refractivity contribution < 1.29 is 14.0 Å². The number of halogens is 1. The van der Waals surface area contributed by atoms with E-state index in [0.29, 0.717) is 21.6 Å². The van der Waals surface area contributed by atoms with E-state index in [-0.39, 0.29) is 16.8 Å². The molecule has 6 nitrogen and oxygen atoms in total. The molecule has 0 saturated carbocycles. The van der Waals surface area contributed by atoms with Gasteiger partial charge in [-0.15, -0.1) is 0 Å². The minimum atomic E-state index is -0.496. The third-order valence-electron chi connectivity index (χ3n) is 3.48. The van der Waals surface area contributed by atoms with Gasteiger partial charge in [0.15, 0.2) is 15.5 Å². The summed E-state index contributed by atoms with van der Waals surface area (Å²) in [6.07, 6.45) is 0. The molecule has 3 aromatic rings. The van der Waals surface area contributed by atoms with Crippen LogP contribution in [-0.4, -0.2) is 16.9 Å². The molecule has 0 aliphatic carbocycles. The van der Waals surface area contributed by atoms with E-state index < -0.39 is 5.91 Å². The molecule has 0 fully saturated rings. The first kappa shape index (κ1) is 18.8. The number of nitrogens with one attached hydrogen (secondary N) is 3. The van der Waals surface area contributed by atoms with Crippen molar-refractivity contribution >= 4 is 56.4 Å². The summed E-state index contributed by atoms with van der Waals surface area (Å²) in [4.78, 5) is 24.6. The van der Waals surface area contributed by atoms with Crippen LogP contribution < -0.4 is 16.0 Å². The number of anilines is 2. The summed E-state index contributed by atoms with van der Waals surface area (Å²) in [5, 5.41) is 8.24. The lowest BCUT2D eigenvalue weighted by atomic mass is 10.1. The fourth-order valence-electron chi connectivity index (χ4n) is 2.26. The van der Waals surface area contributed by atoms with Gasteiger partial charge >= 0.3 is 0 Å². The monoisotopic (exact) mass is 443 g/mol. The van der Waals surface area contributed by atoms with Crippen LogP contribution in [0.15, 0.2) is 75.8 Å². The Kier molecular flexibility index (Phi) is 6.00. The maximum atomic E-state index is 12.6. The zero-order chi connectivity index (χ0) is 19.2. The number of benzene rings is 2. The molecule has 136 valence electrons. The summed E-state index contributed by atoms with van der Waals surface area (Å²) in [5.41, 5.74) is 1.53. The molecule has 0 unspecified atom stereocenters. The first-order chi connectivity index (χ1) is 13.0. The molecule has 3 N–H and O–H groups in total. The highest BCUT2D eigenvalue weighted by Crippen LogP contribution is 2.18. The Morgan fingerprint density at radius 1 is 0.852 bits per heavy atom. The Morgan fingerprint density at radius 3 is 2.26 bits per heavy atom.